The number of hydrogen-bond acceptors (Lipinski definition) is 2. The quantitative estimate of drug-likeness (QED) is 0.668. The van der Waals surface area contributed by atoms with Crippen molar-refractivity contribution in [3.8, 4) is 11.4 Å². The minimum atomic E-state index is -0.670. The van der Waals surface area contributed by atoms with E-state index >= 15 is 0 Å². The summed E-state index contributed by atoms with van der Waals surface area (Å²) < 4.78 is 28.2. The molecule has 0 spiro atoms. The maximum absolute atomic E-state index is 13.7. The van der Waals surface area contributed by atoms with Crippen molar-refractivity contribution in [3.63, 3.8) is 0 Å². The molecule has 3 aromatic rings. The van der Waals surface area contributed by atoms with Gasteiger partial charge in [-0.05, 0) is 24.3 Å². The van der Waals surface area contributed by atoms with Crippen LogP contribution in [0.4, 0.5) is 14.5 Å². The Labute approximate surface area is 115 Å². The van der Waals surface area contributed by atoms with Gasteiger partial charge in [0.15, 0.2) is 0 Å². The maximum Gasteiger partial charge on any atom is 0.144 e. The highest BCUT2D eigenvalue weighted by Crippen LogP contribution is 2.29. The van der Waals surface area contributed by atoms with Crippen molar-refractivity contribution in [3.05, 3.63) is 46.4 Å². The van der Waals surface area contributed by atoms with Crippen LogP contribution in [0.1, 0.15) is 0 Å². The van der Waals surface area contributed by atoms with Crippen LogP contribution < -0.4 is 5.73 Å². The fraction of sp³-hybridized carbons (Fsp3) is 0. The molecule has 3 rings (SSSR count). The second kappa shape index (κ2) is 4.31. The number of benzene rings is 2. The Morgan fingerprint density at radius 2 is 1.84 bits per heavy atom. The molecule has 2 aromatic carbocycles. The number of nitrogens with zero attached hydrogens (tertiary/aromatic N) is 1. The van der Waals surface area contributed by atoms with E-state index in [0.717, 1.165) is 4.47 Å². The van der Waals surface area contributed by atoms with E-state index in [1.54, 1.807) is 12.1 Å². The van der Waals surface area contributed by atoms with E-state index in [1.807, 2.05) is 0 Å². The number of rotatable bonds is 1. The topological polar surface area (TPSA) is 54.7 Å². The van der Waals surface area contributed by atoms with Gasteiger partial charge >= 0.3 is 0 Å². The highest BCUT2D eigenvalue weighted by Gasteiger charge is 2.16. The molecule has 3 N–H and O–H groups in total. The molecule has 0 aliphatic carbocycles. The van der Waals surface area contributed by atoms with Crippen LogP contribution in [0.5, 0.6) is 0 Å². The van der Waals surface area contributed by atoms with Gasteiger partial charge < -0.3 is 10.7 Å². The lowest BCUT2D eigenvalue weighted by atomic mass is 10.2. The van der Waals surface area contributed by atoms with Crippen LogP contribution in [0.15, 0.2) is 34.8 Å². The minimum absolute atomic E-state index is 0.121. The maximum atomic E-state index is 13.7. The van der Waals surface area contributed by atoms with Gasteiger partial charge in [-0.2, -0.15) is 0 Å². The SMILES string of the molecule is Nc1cc(Br)cc2[nH]c(-c3c(F)cccc3F)nc12. The van der Waals surface area contributed by atoms with E-state index in [4.69, 9.17) is 5.73 Å². The second-order valence-corrected chi connectivity index (χ2v) is 4.99. The van der Waals surface area contributed by atoms with Crippen molar-refractivity contribution in [2.75, 3.05) is 5.73 Å². The monoisotopic (exact) mass is 323 g/mol. The van der Waals surface area contributed by atoms with Gasteiger partial charge in [-0.25, -0.2) is 13.8 Å². The van der Waals surface area contributed by atoms with Gasteiger partial charge in [-0.3, -0.25) is 0 Å². The van der Waals surface area contributed by atoms with Crippen LogP contribution >= 0.6 is 15.9 Å². The summed E-state index contributed by atoms with van der Waals surface area (Å²) in [5.74, 6) is -1.22. The average Bonchev–Trinajstić information content (AvgIpc) is 2.72. The number of fused-ring (bicyclic) bond motifs is 1. The Balaban J connectivity index is 2.30. The van der Waals surface area contributed by atoms with E-state index in [2.05, 4.69) is 25.9 Å². The van der Waals surface area contributed by atoms with Crippen molar-refractivity contribution < 1.29 is 8.78 Å². The Kier molecular flexibility index (Phi) is 2.74. The van der Waals surface area contributed by atoms with Gasteiger partial charge in [-0.1, -0.05) is 22.0 Å². The number of H-pyrrole nitrogens is 1. The Bertz CT molecular complexity index is 763. The van der Waals surface area contributed by atoms with Crippen molar-refractivity contribution in [1.82, 2.24) is 9.97 Å². The van der Waals surface area contributed by atoms with Crippen molar-refractivity contribution in [2.24, 2.45) is 0 Å². The van der Waals surface area contributed by atoms with Gasteiger partial charge in [-0.15, -0.1) is 0 Å². The van der Waals surface area contributed by atoms with Gasteiger partial charge in [0.25, 0.3) is 0 Å². The lowest BCUT2D eigenvalue weighted by molar-refractivity contribution is 0.588. The fourth-order valence-corrected chi connectivity index (χ4v) is 2.43. The van der Waals surface area contributed by atoms with Gasteiger partial charge in [0.05, 0.1) is 16.8 Å². The molecular formula is C13H8BrF2N3. The Morgan fingerprint density at radius 1 is 1.16 bits per heavy atom. The zero-order chi connectivity index (χ0) is 13.6. The number of anilines is 1. The lowest BCUT2D eigenvalue weighted by Gasteiger charge is -2.00. The summed E-state index contributed by atoms with van der Waals surface area (Å²) in [6.45, 7) is 0. The first-order valence-electron chi connectivity index (χ1n) is 5.45. The zero-order valence-electron chi connectivity index (χ0n) is 9.55. The molecule has 0 aliphatic heterocycles. The molecule has 19 heavy (non-hydrogen) atoms. The Hall–Kier alpha value is -1.95. The molecule has 0 fully saturated rings. The molecule has 0 aliphatic rings. The summed E-state index contributed by atoms with van der Waals surface area (Å²) in [5, 5.41) is 0. The van der Waals surface area contributed by atoms with Crippen molar-refractivity contribution in [1.29, 1.82) is 0 Å². The number of halogens is 3. The van der Waals surface area contributed by atoms with Crippen molar-refractivity contribution >= 4 is 32.7 Å². The summed E-state index contributed by atoms with van der Waals surface area (Å²) in [6.07, 6.45) is 0. The first-order chi connectivity index (χ1) is 9.06. The molecule has 0 saturated carbocycles. The van der Waals surface area contributed by atoms with Crippen LogP contribution in [-0.2, 0) is 0 Å². The Morgan fingerprint density at radius 3 is 2.53 bits per heavy atom. The fourth-order valence-electron chi connectivity index (χ4n) is 1.95. The van der Waals surface area contributed by atoms with Crippen LogP contribution in [-0.4, -0.2) is 9.97 Å². The van der Waals surface area contributed by atoms with Gasteiger partial charge in [0, 0.05) is 4.47 Å². The van der Waals surface area contributed by atoms with E-state index in [-0.39, 0.29) is 11.4 Å². The summed E-state index contributed by atoms with van der Waals surface area (Å²) in [5.41, 5.74) is 7.17. The third-order valence-electron chi connectivity index (χ3n) is 2.78. The first-order valence-corrected chi connectivity index (χ1v) is 6.24. The highest BCUT2D eigenvalue weighted by molar-refractivity contribution is 9.10. The van der Waals surface area contributed by atoms with Gasteiger partial charge in [0.1, 0.15) is 23.0 Å². The molecule has 1 heterocycles. The number of nitrogens with one attached hydrogen (secondary N) is 1. The summed E-state index contributed by atoms with van der Waals surface area (Å²) in [7, 11) is 0. The molecule has 0 saturated heterocycles. The van der Waals surface area contributed by atoms with Crippen LogP contribution in [0, 0.1) is 11.6 Å². The van der Waals surface area contributed by atoms with E-state index in [1.165, 1.54) is 18.2 Å². The minimum Gasteiger partial charge on any atom is -0.397 e. The first kappa shape index (κ1) is 12.1. The van der Waals surface area contributed by atoms with E-state index in [9.17, 15) is 8.78 Å². The summed E-state index contributed by atoms with van der Waals surface area (Å²) >= 11 is 3.30. The summed E-state index contributed by atoms with van der Waals surface area (Å²) in [6, 6.07) is 7.11. The molecule has 0 unspecified atom stereocenters. The molecule has 0 atom stereocenters. The molecular weight excluding hydrogens is 316 g/mol. The number of nitrogens with two attached hydrogens (primary N) is 1. The smallest absolute Gasteiger partial charge is 0.144 e. The average molecular weight is 324 g/mol. The molecule has 96 valence electrons. The highest BCUT2D eigenvalue weighted by atomic mass is 79.9. The number of aromatic nitrogens is 2. The molecule has 1 aromatic heterocycles. The van der Waals surface area contributed by atoms with E-state index in [0.29, 0.717) is 16.7 Å². The van der Waals surface area contributed by atoms with Gasteiger partial charge in [0.2, 0.25) is 0 Å². The molecule has 6 heteroatoms. The van der Waals surface area contributed by atoms with Crippen LogP contribution in [0.3, 0.4) is 0 Å². The third-order valence-corrected chi connectivity index (χ3v) is 3.24. The largest absolute Gasteiger partial charge is 0.397 e. The number of aromatic amines is 1. The predicted molar refractivity (Wildman–Crippen MR) is 73.6 cm³/mol. The van der Waals surface area contributed by atoms with Crippen molar-refractivity contribution in [2.45, 2.75) is 0 Å². The second-order valence-electron chi connectivity index (χ2n) is 4.07. The van der Waals surface area contributed by atoms with E-state index < -0.39 is 11.6 Å². The number of imidazole rings is 1. The third kappa shape index (κ3) is 1.98. The molecule has 0 radical (unpaired) electrons. The standard InChI is InChI=1S/C13H8BrF2N3/c14-6-4-9(17)12-10(5-6)18-13(19-12)11-7(15)2-1-3-8(11)16/h1-5H,17H2,(H,18,19). The van der Waals surface area contributed by atoms with Crippen LogP contribution in [0.25, 0.3) is 22.4 Å². The molecule has 0 bridgehead atoms. The number of nitrogen functional groups attached to an aromatic ring is 1. The normalized spacial score (nSPS) is 11.1. The predicted octanol–water partition coefficient (Wildman–Crippen LogP) is 3.85. The van der Waals surface area contributed by atoms with Crippen LogP contribution in [0.2, 0.25) is 0 Å². The molecule has 3 nitrogen and oxygen atoms in total. The molecule has 0 amide bonds. The summed E-state index contributed by atoms with van der Waals surface area (Å²) in [4.78, 5) is 7.04. The number of hydrogen-bond donors (Lipinski definition) is 2. The lowest BCUT2D eigenvalue weighted by Crippen LogP contribution is -1.91. The zero-order valence-corrected chi connectivity index (χ0v) is 11.1.